The monoisotopic (exact) mass is 583 g/mol. The van der Waals surface area contributed by atoms with Gasteiger partial charge in [0.25, 0.3) is 5.91 Å². The van der Waals surface area contributed by atoms with Gasteiger partial charge in [0.15, 0.2) is 5.01 Å². The van der Waals surface area contributed by atoms with E-state index in [9.17, 15) is 14.0 Å². The molecule has 0 saturated carbocycles. The Kier molecular flexibility index (Phi) is 9.04. The first-order valence-corrected chi connectivity index (χ1v) is 15.2. The molecule has 4 heterocycles. The fourth-order valence-electron chi connectivity index (χ4n) is 5.85. The molecule has 2 aromatic rings. The zero-order chi connectivity index (χ0) is 30.1. The van der Waals surface area contributed by atoms with E-state index in [1.807, 2.05) is 30.9 Å². The lowest BCUT2D eigenvalue weighted by Crippen LogP contribution is -2.62. The summed E-state index contributed by atoms with van der Waals surface area (Å²) in [5.74, 6) is -1.13. The molecule has 1 fully saturated rings. The Morgan fingerprint density at radius 1 is 1.15 bits per heavy atom. The number of carbonyl (C=O) groups is 2. The van der Waals surface area contributed by atoms with Crippen molar-refractivity contribution in [3.8, 4) is 0 Å². The van der Waals surface area contributed by atoms with Crippen LogP contribution in [0.1, 0.15) is 80.3 Å². The molecule has 1 aromatic carbocycles. The van der Waals surface area contributed by atoms with Crippen LogP contribution in [0.25, 0.3) is 0 Å². The normalized spacial score (nSPS) is 21.5. The summed E-state index contributed by atoms with van der Waals surface area (Å²) in [5.41, 5.74) is 2.43. The fourth-order valence-corrected chi connectivity index (χ4v) is 7.06. The number of thiazole rings is 1. The summed E-state index contributed by atoms with van der Waals surface area (Å²) in [6.45, 7) is 17.3. The van der Waals surface area contributed by atoms with Crippen molar-refractivity contribution < 1.29 is 19.1 Å². The summed E-state index contributed by atoms with van der Waals surface area (Å²) in [7, 11) is 0. The SMILES string of the molecule is CC.Cc1ccc(N2Cc3sc(C(=O)N4CCN(C5CC=C(CC(=O)O)C=N5)CC4(C)C)nc3C(C)(C)C2)cc1F. The summed E-state index contributed by atoms with van der Waals surface area (Å²) in [6.07, 6.45) is 4.22. The molecule has 1 amide bonds. The van der Waals surface area contributed by atoms with Crippen LogP contribution in [-0.2, 0) is 16.8 Å². The van der Waals surface area contributed by atoms with Gasteiger partial charge in [0.05, 0.1) is 24.2 Å². The van der Waals surface area contributed by atoms with Crippen LogP contribution < -0.4 is 4.90 Å². The van der Waals surface area contributed by atoms with Crippen LogP contribution in [0.2, 0.25) is 0 Å². The number of aryl methyl sites for hydroxylation is 1. The highest BCUT2D eigenvalue weighted by molar-refractivity contribution is 7.13. The van der Waals surface area contributed by atoms with Crippen molar-refractivity contribution >= 4 is 35.1 Å². The van der Waals surface area contributed by atoms with Gasteiger partial charge in [0.1, 0.15) is 12.0 Å². The van der Waals surface area contributed by atoms with Crippen molar-refractivity contribution in [3.63, 3.8) is 0 Å². The van der Waals surface area contributed by atoms with E-state index in [0.29, 0.717) is 49.7 Å². The highest BCUT2D eigenvalue weighted by Gasteiger charge is 2.42. The van der Waals surface area contributed by atoms with Gasteiger partial charge in [0.2, 0.25) is 0 Å². The van der Waals surface area contributed by atoms with Crippen LogP contribution in [0.4, 0.5) is 10.1 Å². The molecule has 0 radical (unpaired) electrons. The molecular formula is C31H42FN5O3S. The lowest BCUT2D eigenvalue weighted by molar-refractivity contribution is -0.136. The molecule has 0 bridgehead atoms. The van der Waals surface area contributed by atoms with Gasteiger partial charge in [-0.25, -0.2) is 9.37 Å². The predicted octanol–water partition coefficient (Wildman–Crippen LogP) is 5.65. The molecule has 1 unspecified atom stereocenters. The van der Waals surface area contributed by atoms with Gasteiger partial charge in [0, 0.05) is 54.8 Å². The molecule has 222 valence electrons. The number of aliphatic carboxylic acids is 1. The van der Waals surface area contributed by atoms with Gasteiger partial charge in [-0.3, -0.25) is 19.5 Å². The van der Waals surface area contributed by atoms with Crippen molar-refractivity contribution in [2.45, 2.75) is 85.0 Å². The van der Waals surface area contributed by atoms with E-state index in [0.717, 1.165) is 21.8 Å². The Labute approximate surface area is 246 Å². The number of carboxylic acids is 1. The molecule has 5 rings (SSSR count). The number of amides is 1. The van der Waals surface area contributed by atoms with Crippen LogP contribution in [-0.4, -0.2) is 75.9 Å². The standard InChI is InChI=1S/C29H36FN5O3S.C2H6/c1-18-6-8-20(13-21(18)30)34-15-22-25(28(2,3)16-34)32-26(39-22)27(38)35-11-10-33(17-29(35,4)5)23-9-7-19(14-31-23)12-24(36)37;1-2/h6-8,13-14,23H,9-12,15-17H2,1-5H3,(H,36,37);1-2H3. The molecule has 0 aliphatic carbocycles. The minimum Gasteiger partial charge on any atom is -0.481 e. The van der Waals surface area contributed by atoms with E-state index in [2.05, 4.69) is 42.5 Å². The maximum absolute atomic E-state index is 14.3. The maximum Gasteiger partial charge on any atom is 0.307 e. The van der Waals surface area contributed by atoms with E-state index in [4.69, 9.17) is 10.1 Å². The second-order valence-corrected chi connectivity index (χ2v) is 13.1. The van der Waals surface area contributed by atoms with Crippen LogP contribution in [0, 0.1) is 12.7 Å². The predicted molar refractivity (Wildman–Crippen MR) is 163 cm³/mol. The van der Waals surface area contributed by atoms with Crippen molar-refractivity contribution in [2.75, 3.05) is 31.1 Å². The molecule has 3 aliphatic heterocycles. The quantitative estimate of drug-likeness (QED) is 0.489. The van der Waals surface area contributed by atoms with E-state index < -0.39 is 11.5 Å². The highest BCUT2D eigenvalue weighted by atomic mass is 32.1. The third-order valence-corrected chi connectivity index (χ3v) is 8.95. The number of hydrogen-bond acceptors (Lipinski definition) is 7. The van der Waals surface area contributed by atoms with Crippen molar-refractivity contribution in [3.05, 3.63) is 56.8 Å². The Hall–Kier alpha value is -3.11. The third kappa shape index (κ3) is 6.54. The summed E-state index contributed by atoms with van der Waals surface area (Å²) in [5, 5.41) is 9.52. The minimum absolute atomic E-state index is 0.0156. The molecule has 8 nitrogen and oxygen atoms in total. The summed E-state index contributed by atoms with van der Waals surface area (Å²) in [4.78, 5) is 41.7. The number of dihydropyridines is 1. The zero-order valence-electron chi connectivity index (χ0n) is 25.2. The number of carboxylic acid groups (broad SMARTS) is 1. The smallest absolute Gasteiger partial charge is 0.307 e. The zero-order valence-corrected chi connectivity index (χ0v) is 26.0. The first-order chi connectivity index (χ1) is 19.3. The minimum atomic E-state index is -0.858. The molecule has 1 aromatic heterocycles. The number of nitrogens with zero attached hydrogens (tertiary/aromatic N) is 5. The number of aliphatic imine (C=N–C) groups is 1. The van der Waals surface area contributed by atoms with E-state index in [-0.39, 0.29) is 29.7 Å². The van der Waals surface area contributed by atoms with Gasteiger partial charge in [-0.1, -0.05) is 39.8 Å². The van der Waals surface area contributed by atoms with Gasteiger partial charge in [-0.15, -0.1) is 11.3 Å². The molecule has 1 N–H and O–H groups in total. The number of benzene rings is 1. The van der Waals surface area contributed by atoms with E-state index in [1.165, 1.54) is 11.3 Å². The van der Waals surface area contributed by atoms with E-state index >= 15 is 0 Å². The summed E-state index contributed by atoms with van der Waals surface area (Å²) >= 11 is 1.45. The number of anilines is 1. The number of halogens is 1. The topological polar surface area (TPSA) is 89.3 Å². The maximum atomic E-state index is 14.3. The summed E-state index contributed by atoms with van der Waals surface area (Å²) < 4.78 is 14.3. The number of rotatable bonds is 5. The second-order valence-electron chi connectivity index (χ2n) is 12.0. The Morgan fingerprint density at radius 2 is 1.88 bits per heavy atom. The number of piperazine rings is 1. The molecule has 0 spiro atoms. The average Bonchev–Trinajstić information content (AvgIpc) is 3.36. The van der Waals surface area contributed by atoms with Crippen molar-refractivity contribution in [2.24, 2.45) is 4.99 Å². The van der Waals surface area contributed by atoms with Crippen molar-refractivity contribution in [1.29, 1.82) is 0 Å². The van der Waals surface area contributed by atoms with Gasteiger partial charge >= 0.3 is 5.97 Å². The second kappa shape index (κ2) is 12.0. The fraction of sp³-hybridized carbons (Fsp3) is 0.548. The van der Waals surface area contributed by atoms with E-state index in [1.54, 1.807) is 25.3 Å². The summed E-state index contributed by atoms with van der Waals surface area (Å²) in [6, 6.07) is 5.35. The average molecular weight is 584 g/mol. The Morgan fingerprint density at radius 3 is 2.49 bits per heavy atom. The van der Waals surface area contributed by atoms with Crippen LogP contribution in [0.3, 0.4) is 0 Å². The lowest BCUT2D eigenvalue weighted by Gasteiger charge is -2.48. The van der Waals surface area contributed by atoms with Crippen LogP contribution >= 0.6 is 11.3 Å². The number of hydrogen-bond donors (Lipinski definition) is 1. The third-order valence-electron chi connectivity index (χ3n) is 7.92. The lowest BCUT2D eigenvalue weighted by atomic mass is 9.85. The van der Waals surface area contributed by atoms with Crippen molar-refractivity contribution in [1.82, 2.24) is 14.8 Å². The molecule has 3 aliphatic rings. The molecule has 41 heavy (non-hydrogen) atoms. The number of carbonyl (C=O) groups excluding carboxylic acids is 1. The first kappa shape index (κ1) is 30.8. The molecule has 1 atom stereocenters. The Bertz CT molecular complexity index is 1370. The first-order valence-electron chi connectivity index (χ1n) is 14.4. The largest absolute Gasteiger partial charge is 0.481 e. The van der Waals surface area contributed by atoms with Crippen LogP contribution in [0.5, 0.6) is 0 Å². The molecule has 10 heteroatoms. The van der Waals surface area contributed by atoms with Gasteiger partial charge in [-0.2, -0.15) is 0 Å². The number of aromatic nitrogens is 1. The van der Waals surface area contributed by atoms with Crippen LogP contribution in [0.15, 0.2) is 34.8 Å². The number of fused-ring (bicyclic) bond motifs is 1. The molecular weight excluding hydrogens is 541 g/mol. The highest BCUT2D eigenvalue weighted by Crippen LogP contribution is 2.39. The Balaban J connectivity index is 0.00000189. The molecule has 1 saturated heterocycles. The van der Waals surface area contributed by atoms with Gasteiger partial charge in [-0.05, 0) is 44.0 Å². The van der Waals surface area contributed by atoms with Gasteiger partial charge < -0.3 is 14.9 Å².